The van der Waals surface area contributed by atoms with Crippen molar-refractivity contribution in [1.29, 1.82) is 0 Å². The number of urea groups is 1. The molecule has 4 amide bonds. The molecule has 6 heteroatoms. The number of hydrogen-bond acceptors (Lipinski definition) is 4. The fourth-order valence-electron chi connectivity index (χ4n) is 1.62. The summed E-state index contributed by atoms with van der Waals surface area (Å²) in [5.74, 6) is -1.49. The SMILES string of the molecule is C=CCC1(C(=C)OCC)C(=O)NC(=O)NC1=O. The van der Waals surface area contributed by atoms with Gasteiger partial charge in [-0.05, 0) is 13.3 Å². The van der Waals surface area contributed by atoms with Gasteiger partial charge in [0.2, 0.25) is 0 Å². The molecule has 6 nitrogen and oxygen atoms in total. The molecule has 0 spiro atoms. The van der Waals surface area contributed by atoms with Crippen molar-refractivity contribution in [3.63, 3.8) is 0 Å². The molecule has 1 saturated heterocycles. The third-order valence-corrected chi connectivity index (χ3v) is 2.47. The fraction of sp³-hybridized carbons (Fsp3) is 0.364. The Morgan fingerprint density at radius 2 is 1.88 bits per heavy atom. The molecule has 2 N–H and O–H groups in total. The lowest BCUT2D eigenvalue weighted by Gasteiger charge is -2.33. The predicted molar refractivity (Wildman–Crippen MR) is 59.7 cm³/mol. The first kappa shape index (κ1) is 13.0. The van der Waals surface area contributed by atoms with Crippen molar-refractivity contribution in [3.05, 3.63) is 25.0 Å². The van der Waals surface area contributed by atoms with E-state index in [0.717, 1.165) is 0 Å². The number of imide groups is 2. The van der Waals surface area contributed by atoms with Crippen LogP contribution in [0.4, 0.5) is 4.79 Å². The second kappa shape index (κ2) is 4.82. The Labute approximate surface area is 98.7 Å². The van der Waals surface area contributed by atoms with Crippen molar-refractivity contribution in [3.8, 4) is 0 Å². The highest BCUT2D eigenvalue weighted by molar-refractivity contribution is 6.20. The van der Waals surface area contributed by atoms with Crippen molar-refractivity contribution in [2.24, 2.45) is 5.41 Å². The first-order chi connectivity index (χ1) is 7.98. The van der Waals surface area contributed by atoms with Crippen molar-refractivity contribution in [2.75, 3.05) is 6.61 Å². The summed E-state index contributed by atoms with van der Waals surface area (Å²) in [5.41, 5.74) is -1.62. The van der Waals surface area contributed by atoms with Gasteiger partial charge in [0, 0.05) is 0 Å². The van der Waals surface area contributed by atoms with Crippen LogP contribution in [0.1, 0.15) is 13.3 Å². The molecule has 1 aliphatic rings. The zero-order valence-corrected chi connectivity index (χ0v) is 9.54. The summed E-state index contributed by atoms with van der Waals surface area (Å²) in [6, 6.07) is -0.844. The van der Waals surface area contributed by atoms with Gasteiger partial charge in [-0.3, -0.25) is 20.2 Å². The molecule has 0 aromatic carbocycles. The van der Waals surface area contributed by atoms with E-state index in [-0.39, 0.29) is 18.8 Å². The van der Waals surface area contributed by atoms with E-state index in [4.69, 9.17) is 4.74 Å². The van der Waals surface area contributed by atoms with Crippen molar-refractivity contribution < 1.29 is 19.1 Å². The fourth-order valence-corrected chi connectivity index (χ4v) is 1.62. The Morgan fingerprint density at radius 1 is 1.35 bits per heavy atom. The maximum Gasteiger partial charge on any atom is 0.328 e. The van der Waals surface area contributed by atoms with Crippen LogP contribution >= 0.6 is 0 Å². The zero-order chi connectivity index (χ0) is 13.1. The van der Waals surface area contributed by atoms with Crippen LogP contribution in [0.3, 0.4) is 0 Å². The van der Waals surface area contributed by atoms with Gasteiger partial charge in [0.1, 0.15) is 5.76 Å². The van der Waals surface area contributed by atoms with E-state index < -0.39 is 23.3 Å². The lowest BCUT2D eigenvalue weighted by atomic mass is 9.79. The Morgan fingerprint density at radius 3 is 2.29 bits per heavy atom. The van der Waals surface area contributed by atoms with Gasteiger partial charge in [0.15, 0.2) is 5.41 Å². The normalized spacial score (nSPS) is 18.1. The second-order valence-corrected chi connectivity index (χ2v) is 3.49. The molecule has 0 aromatic heterocycles. The molecule has 1 rings (SSSR count). The van der Waals surface area contributed by atoms with Crippen LogP contribution in [0.5, 0.6) is 0 Å². The molecule has 0 unspecified atom stereocenters. The monoisotopic (exact) mass is 238 g/mol. The third kappa shape index (κ3) is 2.06. The maximum atomic E-state index is 11.9. The van der Waals surface area contributed by atoms with Crippen LogP contribution in [0, 0.1) is 5.41 Å². The van der Waals surface area contributed by atoms with Gasteiger partial charge >= 0.3 is 6.03 Å². The molecule has 0 bridgehead atoms. The summed E-state index contributed by atoms with van der Waals surface area (Å²) in [4.78, 5) is 34.7. The minimum absolute atomic E-state index is 0.00222. The summed E-state index contributed by atoms with van der Waals surface area (Å²) in [6.45, 7) is 9.05. The molecule has 17 heavy (non-hydrogen) atoms. The smallest absolute Gasteiger partial charge is 0.328 e. The Bertz CT molecular complexity index is 380. The number of amides is 4. The van der Waals surface area contributed by atoms with Gasteiger partial charge in [0.05, 0.1) is 6.61 Å². The van der Waals surface area contributed by atoms with Crippen LogP contribution < -0.4 is 10.6 Å². The topological polar surface area (TPSA) is 84.5 Å². The Hall–Kier alpha value is -2.11. The summed E-state index contributed by atoms with van der Waals surface area (Å²) < 4.78 is 5.14. The highest BCUT2D eigenvalue weighted by Gasteiger charge is 2.53. The number of hydrogen-bond donors (Lipinski definition) is 2. The van der Waals surface area contributed by atoms with Gasteiger partial charge in [0.25, 0.3) is 11.8 Å². The van der Waals surface area contributed by atoms with Gasteiger partial charge in [-0.2, -0.15) is 0 Å². The van der Waals surface area contributed by atoms with Crippen LogP contribution in [0.15, 0.2) is 25.0 Å². The number of carbonyl (C=O) groups excluding carboxylic acids is 3. The van der Waals surface area contributed by atoms with Crippen LogP contribution in [-0.2, 0) is 14.3 Å². The number of carbonyl (C=O) groups is 3. The van der Waals surface area contributed by atoms with E-state index in [0.29, 0.717) is 0 Å². The first-order valence-corrected chi connectivity index (χ1v) is 5.09. The molecule has 0 aromatic rings. The van der Waals surface area contributed by atoms with Crippen molar-refractivity contribution in [1.82, 2.24) is 10.6 Å². The second-order valence-electron chi connectivity index (χ2n) is 3.49. The molecule has 1 heterocycles. The summed E-state index contributed by atoms with van der Waals surface area (Å²) in [7, 11) is 0. The van der Waals surface area contributed by atoms with Crippen molar-refractivity contribution >= 4 is 17.8 Å². The van der Waals surface area contributed by atoms with E-state index in [2.05, 4.69) is 13.2 Å². The molecule has 1 aliphatic heterocycles. The molecule has 0 atom stereocenters. The number of allylic oxidation sites excluding steroid dienone is 1. The van der Waals surface area contributed by atoms with Gasteiger partial charge in [-0.1, -0.05) is 12.7 Å². The summed E-state index contributed by atoms with van der Waals surface area (Å²) in [5, 5.41) is 4.05. The quantitative estimate of drug-likeness (QED) is 0.414. The van der Waals surface area contributed by atoms with E-state index >= 15 is 0 Å². The van der Waals surface area contributed by atoms with E-state index in [1.807, 2.05) is 10.6 Å². The average Bonchev–Trinajstić information content (AvgIpc) is 2.23. The van der Waals surface area contributed by atoms with Crippen LogP contribution in [0.2, 0.25) is 0 Å². The van der Waals surface area contributed by atoms with E-state index in [1.54, 1.807) is 6.92 Å². The highest BCUT2D eigenvalue weighted by atomic mass is 16.5. The molecule has 0 aliphatic carbocycles. The predicted octanol–water partition coefficient (Wildman–Crippen LogP) is 0.465. The van der Waals surface area contributed by atoms with Crippen LogP contribution in [0.25, 0.3) is 0 Å². The minimum atomic E-state index is -1.62. The van der Waals surface area contributed by atoms with Crippen molar-refractivity contribution in [2.45, 2.75) is 13.3 Å². The molecule has 0 saturated carbocycles. The zero-order valence-electron chi connectivity index (χ0n) is 9.54. The Balaban J connectivity index is 3.16. The maximum absolute atomic E-state index is 11.9. The summed E-state index contributed by atoms with van der Waals surface area (Å²) in [6.07, 6.45) is 1.41. The first-order valence-electron chi connectivity index (χ1n) is 5.09. The Kier molecular flexibility index (Phi) is 3.67. The standard InChI is InChI=1S/C11H14N2O4/c1-4-6-11(7(3)17-5-2)8(14)12-10(16)13-9(11)15/h4H,1,3,5-6H2,2H3,(H2,12,13,14,15,16). The molecule has 0 radical (unpaired) electrons. The molecule has 1 fully saturated rings. The number of ether oxygens (including phenoxy) is 1. The third-order valence-electron chi connectivity index (χ3n) is 2.47. The lowest BCUT2D eigenvalue weighted by Crippen LogP contribution is -2.63. The number of nitrogens with one attached hydrogen (secondary N) is 2. The minimum Gasteiger partial charge on any atom is -0.497 e. The van der Waals surface area contributed by atoms with E-state index in [9.17, 15) is 14.4 Å². The van der Waals surface area contributed by atoms with Crippen LogP contribution in [-0.4, -0.2) is 24.5 Å². The summed E-state index contributed by atoms with van der Waals surface area (Å²) >= 11 is 0. The molecule has 92 valence electrons. The number of rotatable bonds is 5. The van der Waals surface area contributed by atoms with Gasteiger partial charge in [-0.25, -0.2) is 4.79 Å². The van der Waals surface area contributed by atoms with Gasteiger partial charge in [-0.15, -0.1) is 6.58 Å². The average molecular weight is 238 g/mol. The van der Waals surface area contributed by atoms with Gasteiger partial charge < -0.3 is 4.74 Å². The van der Waals surface area contributed by atoms with E-state index in [1.165, 1.54) is 6.08 Å². The lowest BCUT2D eigenvalue weighted by molar-refractivity contribution is -0.144. The number of barbiturate groups is 1. The molecular formula is C11H14N2O4. The molecular weight excluding hydrogens is 224 g/mol. The largest absolute Gasteiger partial charge is 0.497 e. The highest BCUT2D eigenvalue weighted by Crippen LogP contribution is 2.34.